The van der Waals surface area contributed by atoms with Crippen molar-refractivity contribution in [2.45, 2.75) is 25.6 Å². The first kappa shape index (κ1) is 19.3. The minimum absolute atomic E-state index is 0. The maximum Gasteiger partial charge on any atom is -0.147 e. The topological polar surface area (TPSA) is 12.9 Å². The van der Waals surface area contributed by atoms with Crippen molar-refractivity contribution in [1.29, 1.82) is 0 Å². The van der Waals surface area contributed by atoms with Crippen LogP contribution >= 0.6 is 24.8 Å². The van der Waals surface area contributed by atoms with Gasteiger partial charge in [-0.05, 0) is 0 Å². The Balaban J connectivity index is 0.00000121. The third-order valence-electron chi connectivity index (χ3n) is 3.67. The predicted octanol–water partition coefficient (Wildman–Crippen LogP) is 5.24. The van der Waals surface area contributed by atoms with Gasteiger partial charge in [-0.25, -0.2) is 0 Å². The molecule has 0 bridgehead atoms. The Labute approximate surface area is 149 Å². The van der Waals surface area contributed by atoms with E-state index < -0.39 is 14.1 Å². The molecule has 22 heavy (non-hydrogen) atoms. The molecule has 0 spiro atoms. The van der Waals surface area contributed by atoms with Crippen LogP contribution in [0, 0.1) is 5.92 Å². The summed E-state index contributed by atoms with van der Waals surface area (Å²) >= 11 is -1.03. The first-order valence-electron chi connectivity index (χ1n) is 7.13. The van der Waals surface area contributed by atoms with E-state index in [1.807, 2.05) is 12.3 Å². The minimum atomic E-state index is -1.03. The van der Waals surface area contributed by atoms with Crippen molar-refractivity contribution in [2.24, 2.45) is 5.92 Å². The molecule has 1 unspecified atom stereocenters. The van der Waals surface area contributed by atoms with Crippen LogP contribution in [-0.2, 0) is 14.1 Å². The summed E-state index contributed by atoms with van der Waals surface area (Å²) in [6, 6.07) is 10.8. The van der Waals surface area contributed by atoms with Crippen molar-refractivity contribution >= 4 is 40.1 Å². The van der Waals surface area contributed by atoms with Crippen LogP contribution in [0.3, 0.4) is 0 Å². The number of hydrogen-bond acceptors (Lipinski definition) is 1. The molecule has 0 amide bonds. The molecule has 1 aromatic carbocycles. The van der Waals surface area contributed by atoms with Crippen LogP contribution in [0.25, 0.3) is 10.9 Å². The minimum Gasteiger partial charge on any atom is -0.147 e. The number of para-hydroxylation sites is 1. The molecule has 1 aliphatic rings. The fourth-order valence-electron chi connectivity index (χ4n) is 2.74. The molecule has 0 saturated carbocycles. The molecule has 4 heteroatoms. The molecule has 0 N–H and O–H groups in total. The van der Waals surface area contributed by atoms with Crippen LogP contribution in [0.2, 0.25) is 4.78 Å². The zero-order chi connectivity index (χ0) is 14.1. The average Bonchev–Trinajstić information content (AvgIpc) is 2.85. The number of nitrogens with zero attached hydrogens (tertiary/aromatic N) is 1. The Morgan fingerprint density at radius 2 is 1.82 bits per heavy atom. The standard InChI is InChI=1S/C9H6N.C6H7.C3H7.2ClH.Cr/c1-2-6-9-8(4-1)5-3-7-10-9;1-6-4-2-3-5-6;1-3-2;;;/h1-5,7H;2-4,6H,1H3;3H,1-2H3;2*1H;. The van der Waals surface area contributed by atoms with E-state index in [1.54, 1.807) is 4.44 Å². The fraction of sp³-hybridized carbons (Fsp3) is 0.278. The van der Waals surface area contributed by atoms with Crippen molar-refractivity contribution in [3.8, 4) is 0 Å². The smallest absolute Gasteiger partial charge is 0.147 e. The molecule has 2 aromatic rings. The van der Waals surface area contributed by atoms with Gasteiger partial charge in [-0.2, -0.15) is 0 Å². The van der Waals surface area contributed by atoms with Gasteiger partial charge in [0.2, 0.25) is 0 Å². The second-order valence-corrected chi connectivity index (χ2v) is 9.41. The number of benzene rings is 1. The second kappa shape index (κ2) is 8.18. The number of fused-ring (bicyclic) bond motifs is 1. The summed E-state index contributed by atoms with van der Waals surface area (Å²) in [5, 5.41) is 1.26. The summed E-state index contributed by atoms with van der Waals surface area (Å²) < 4.78 is 3.81. The van der Waals surface area contributed by atoms with Crippen molar-refractivity contribution in [3.63, 3.8) is 0 Å². The molecule has 1 atom stereocenters. The van der Waals surface area contributed by atoms with E-state index in [0.717, 1.165) is 0 Å². The first-order valence-corrected chi connectivity index (χ1v) is 9.15. The summed E-state index contributed by atoms with van der Waals surface area (Å²) in [4.78, 5) is 4.66. The summed E-state index contributed by atoms with van der Waals surface area (Å²) in [6.07, 6.45) is 8.79. The van der Waals surface area contributed by atoms with Gasteiger partial charge in [0.25, 0.3) is 0 Å². The Morgan fingerprint density at radius 1 is 1.09 bits per heavy atom. The fourth-order valence-corrected chi connectivity index (χ4v) is 6.83. The molecule has 3 rings (SSSR count). The van der Waals surface area contributed by atoms with Crippen LogP contribution in [-0.4, -0.2) is 4.98 Å². The van der Waals surface area contributed by atoms with Crippen LogP contribution in [0.1, 0.15) is 20.8 Å². The third-order valence-corrected chi connectivity index (χ3v) is 7.98. The van der Waals surface area contributed by atoms with Gasteiger partial charge < -0.3 is 0 Å². The maximum atomic E-state index is 4.66. The molecule has 119 valence electrons. The van der Waals surface area contributed by atoms with Crippen molar-refractivity contribution in [2.75, 3.05) is 0 Å². The molecule has 0 fully saturated rings. The number of halogens is 2. The van der Waals surface area contributed by atoms with Crippen LogP contribution in [0.4, 0.5) is 0 Å². The van der Waals surface area contributed by atoms with Gasteiger partial charge in [-0.3, -0.25) is 0 Å². The number of allylic oxidation sites excluding steroid dienone is 4. The van der Waals surface area contributed by atoms with E-state index in [-0.39, 0.29) is 24.8 Å². The Morgan fingerprint density at radius 3 is 2.45 bits per heavy atom. The van der Waals surface area contributed by atoms with Crippen LogP contribution < -0.4 is 4.43 Å². The normalized spacial score (nSPS) is 16.6. The maximum absolute atomic E-state index is 4.66. The quantitative estimate of drug-likeness (QED) is 0.715. The number of pyridine rings is 1. The van der Waals surface area contributed by atoms with Gasteiger partial charge >= 0.3 is 125 Å². The SMILES string of the molecule is CC1C=CC=[C]1[Cr]([c]1cccc2cccnc12)[CH](C)C.Cl.Cl. The number of aromatic nitrogens is 1. The summed E-state index contributed by atoms with van der Waals surface area (Å²) in [5.74, 6) is 0.585. The van der Waals surface area contributed by atoms with Crippen molar-refractivity contribution < 1.29 is 14.1 Å². The van der Waals surface area contributed by atoms with E-state index in [2.05, 4.69) is 68.2 Å². The van der Waals surface area contributed by atoms with Gasteiger partial charge in [0.1, 0.15) is 0 Å². The van der Waals surface area contributed by atoms with E-state index in [9.17, 15) is 0 Å². The summed E-state index contributed by atoms with van der Waals surface area (Å²) in [6.45, 7) is 7.03. The molecular formula is C18H22Cl2CrN. The molecule has 1 heterocycles. The number of hydrogen-bond donors (Lipinski definition) is 0. The van der Waals surface area contributed by atoms with Gasteiger partial charge in [-0.15, -0.1) is 24.8 Å². The zero-order valence-corrected chi connectivity index (χ0v) is 15.9. The first-order chi connectivity index (χ1) is 9.68. The second-order valence-electron chi connectivity index (χ2n) is 5.46. The van der Waals surface area contributed by atoms with E-state index in [0.29, 0.717) is 10.7 Å². The zero-order valence-electron chi connectivity index (χ0n) is 13.0. The van der Waals surface area contributed by atoms with E-state index in [4.69, 9.17) is 0 Å². The van der Waals surface area contributed by atoms with Crippen LogP contribution in [0.5, 0.6) is 0 Å². The Kier molecular flexibility index (Phi) is 7.17. The molecule has 0 aliphatic heterocycles. The van der Waals surface area contributed by atoms with E-state index in [1.165, 1.54) is 15.3 Å². The van der Waals surface area contributed by atoms with Gasteiger partial charge in [0.15, 0.2) is 0 Å². The average molecular weight is 375 g/mol. The van der Waals surface area contributed by atoms with Gasteiger partial charge in [0.05, 0.1) is 0 Å². The molecular weight excluding hydrogens is 353 g/mol. The third kappa shape index (κ3) is 3.58. The summed E-state index contributed by atoms with van der Waals surface area (Å²) in [5.41, 5.74) is 1.20. The van der Waals surface area contributed by atoms with Gasteiger partial charge in [-0.1, -0.05) is 0 Å². The molecule has 0 radical (unpaired) electrons. The van der Waals surface area contributed by atoms with Crippen LogP contribution in [0.15, 0.2) is 59.2 Å². The van der Waals surface area contributed by atoms with Crippen molar-refractivity contribution in [1.82, 2.24) is 4.98 Å². The molecule has 1 nitrogen and oxygen atoms in total. The molecule has 1 aromatic heterocycles. The molecule has 1 aliphatic carbocycles. The van der Waals surface area contributed by atoms with Gasteiger partial charge in [0, 0.05) is 0 Å². The molecule has 0 saturated heterocycles. The van der Waals surface area contributed by atoms with Crippen molar-refractivity contribution in [3.05, 3.63) is 59.2 Å². The Hall–Kier alpha value is -0.778. The summed E-state index contributed by atoms with van der Waals surface area (Å²) in [7, 11) is 0. The predicted molar refractivity (Wildman–Crippen MR) is 97.4 cm³/mol. The largest absolute Gasteiger partial charge is 0.147 e. The number of rotatable bonds is 3. The van der Waals surface area contributed by atoms with E-state index >= 15 is 0 Å². The Bertz CT molecular complexity index is 689. The monoisotopic (exact) mass is 374 g/mol.